The van der Waals surface area contributed by atoms with Crippen LogP contribution in [0, 0.1) is 13.8 Å². The normalized spacial score (nSPS) is 18.4. The van der Waals surface area contributed by atoms with E-state index in [-0.39, 0.29) is 0 Å². The van der Waals surface area contributed by atoms with Gasteiger partial charge in [0, 0.05) is 24.6 Å². The molecular weight excluding hydrogens is 254 g/mol. The molecule has 0 unspecified atom stereocenters. The van der Waals surface area contributed by atoms with E-state index in [0.717, 1.165) is 49.0 Å². The number of aromatic nitrogens is 4. The Morgan fingerprint density at radius 3 is 3.05 bits per heavy atom. The van der Waals surface area contributed by atoms with Gasteiger partial charge in [0.1, 0.15) is 11.6 Å². The minimum Gasteiger partial charge on any atom is -0.376 e. The lowest BCUT2D eigenvalue weighted by atomic mass is 10.2. The second kappa shape index (κ2) is 5.58. The van der Waals surface area contributed by atoms with Gasteiger partial charge in [0.25, 0.3) is 0 Å². The van der Waals surface area contributed by atoms with Crippen LogP contribution >= 0.6 is 0 Å². The number of rotatable bonds is 4. The van der Waals surface area contributed by atoms with Gasteiger partial charge in [0.15, 0.2) is 0 Å². The van der Waals surface area contributed by atoms with Crippen molar-refractivity contribution in [1.82, 2.24) is 19.7 Å². The maximum absolute atomic E-state index is 5.61. The molecule has 0 aliphatic carbocycles. The summed E-state index contributed by atoms with van der Waals surface area (Å²) in [4.78, 5) is 8.62. The highest BCUT2D eigenvalue weighted by Gasteiger charge is 2.16. The first-order valence-electron chi connectivity index (χ1n) is 6.92. The van der Waals surface area contributed by atoms with E-state index in [4.69, 9.17) is 4.74 Å². The summed E-state index contributed by atoms with van der Waals surface area (Å²) in [5, 5.41) is 7.61. The Labute approximate surface area is 118 Å². The lowest BCUT2D eigenvalue weighted by molar-refractivity contribution is 0.0940. The molecule has 20 heavy (non-hydrogen) atoms. The van der Waals surface area contributed by atoms with E-state index < -0.39 is 0 Å². The predicted octanol–water partition coefficient (Wildman–Crippen LogP) is 2.21. The number of hydrogen-bond donors (Lipinski definition) is 1. The van der Waals surface area contributed by atoms with Crippen molar-refractivity contribution in [2.24, 2.45) is 0 Å². The van der Waals surface area contributed by atoms with Gasteiger partial charge in [-0.1, -0.05) is 0 Å². The quantitative estimate of drug-likeness (QED) is 0.925. The van der Waals surface area contributed by atoms with Gasteiger partial charge in [-0.05, 0) is 26.7 Å². The van der Waals surface area contributed by atoms with Crippen LogP contribution in [0.1, 0.15) is 24.4 Å². The van der Waals surface area contributed by atoms with Crippen molar-refractivity contribution in [1.29, 1.82) is 0 Å². The zero-order valence-electron chi connectivity index (χ0n) is 11.8. The Hall–Kier alpha value is -1.95. The monoisotopic (exact) mass is 273 g/mol. The molecule has 0 radical (unpaired) electrons. The van der Waals surface area contributed by atoms with Crippen molar-refractivity contribution in [3.63, 3.8) is 0 Å². The molecule has 0 saturated carbocycles. The van der Waals surface area contributed by atoms with E-state index in [9.17, 15) is 0 Å². The van der Waals surface area contributed by atoms with Crippen LogP contribution in [0.15, 0.2) is 18.5 Å². The maximum atomic E-state index is 5.61. The van der Waals surface area contributed by atoms with Gasteiger partial charge in [-0.3, -0.25) is 4.68 Å². The summed E-state index contributed by atoms with van der Waals surface area (Å²) in [5.41, 5.74) is 1.88. The minimum absolute atomic E-state index is 0.297. The first kappa shape index (κ1) is 13.1. The van der Waals surface area contributed by atoms with Gasteiger partial charge >= 0.3 is 0 Å². The molecule has 3 heterocycles. The SMILES string of the molecule is Cc1cc(Nc2cnn(C[C@@H]3CCCO3)c2)nc(C)n1. The zero-order chi connectivity index (χ0) is 13.9. The topological polar surface area (TPSA) is 64.9 Å². The fourth-order valence-electron chi connectivity index (χ4n) is 2.45. The molecule has 1 aliphatic heterocycles. The zero-order valence-corrected chi connectivity index (χ0v) is 11.8. The van der Waals surface area contributed by atoms with Crippen LogP contribution in [0.5, 0.6) is 0 Å². The molecule has 1 fully saturated rings. The van der Waals surface area contributed by atoms with Crippen molar-refractivity contribution in [3.05, 3.63) is 30.0 Å². The molecule has 2 aromatic rings. The molecule has 3 rings (SSSR count). The summed E-state index contributed by atoms with van der Waals surface area (Å²) in [6, 6.07) is 1.92. The van der Waals surface area contributed by atoms with Crippen molar-refractivity contribution < 1.29 is 4.74 Å². The molecule has 1 N–H and O–H groups in total. The first-order valence-corrected chi connectivity index (χ1v) is 6.92. The molecule has 0 aromatic carbocycles. The summed E-state index contributed by atoms with van der Waals surface area (Å²) in [5.74, 6) is 1.56. The lowest BCUT2D eigenvalue weighted by Crippen LogP contribution is -2.15. The van der Waals surface area contributed by atoms with E-state index in [2.05, 4.69) is 20.4 Å². The van der Waals surface area contributed by atoms with Crippen LogP contribution in [-0.2, 0) is 11.3 Å². The highest BCUT2D eigenvalue weighted by Crippen LogP contribution is 2.17. The van der Waals surface area contributed by atoms with Gasteiger partial charge in [-0.25, -0.2) is 9.97 Å². The average molecular weight is 273 g/mol. The van der Waals surface area contributed by atoms with Gasteiger partial charge in [-0.15, -0.1) is 0 Å². The Bertz CT molecular complexity index is 569. The van der Waals surface area contributed by atoms with Crippen LogP contribution in [-0.4, -0.2) is 32.5 Å². The van der Waals surface area contributed by atoms with Gasteiger partial charge in [-0.2, -0.15) is 5.10 Å². The van der Waals surface area contributed by atoms with E-state index >= 15 is 0 Å². The number of anilines is 2. The van der Waals surface area contributed by atoms with Gasteiger partial charge in [0.05, 0.1) is 24.5 Å². The molecule has 6 heteroatoms. The van der Waals surface area contributed by atoms with Crippen molar-refractivity contribution >= 4 is 11.5 Å². The molecule has 0 amide bonds. The Morgan fingerprint density at radius 2 is 2.30 bits per heavy atom. The molecular formula is C14H19N5O. The van der Waals surface area contributed by atoms with E-state index in [1.54, 1.807) is 0 Å². The minimum atomic E-state index is 0.297. The predicted molar refractivity (Wildman–Crippen MR) is 76.0 cm³/mol. The number of nitrogens with zero attached hydrogens (tertiary/aromatic N) is 4. The lowest BCUT2D eigenvalue weighted by Gasteiger charge is -2.08. The molecule has 2 aromatic heterocycles. The van der Waals surface area contributed by atoms with Gasteiger partial charge < -0.3 is 10.1 Å². The molecule has 106 valence electrons. The highest BCUT2D eigenvalue weighted by molar-refractivity contribution is 5.54. The molecule has 0 spiro atoms. The van der Waals surface area contributed by atoms with Crippen LogP contribution in [0.2, 0.25) is 0 Å². The van der Waals surface area contributed by atoms with Crippen molar-refractivity contribution in [3.8, 4) is 0 Å². The molecule has 0 bridgehead atoms. The standard InChI is InChI=1S/C14H19N5O/c1-10-6-14(17-11(2)16-10)18-12-7-15-19(8-12)9-13-4-3-5-20-13/h6-8,13H,3-5,9H2,1-2H3,(H,16,17,18)/t13-/m0/s1. The van der Waals surface area contributed by atoms with Gasteiger partial charge in [0.2, 0.25) is 0 Å². The smallest absolute Gasteiger partial charge is 0.134 e. The number of nitrogens with one attached hydrogen (secondary N) is 1. The maximum Gasteiger partial charge on any atom is 0.134 e. The largest absolute Gasteiger partial charge is 0.376 e. The highest BCUT2D eigenvalue weighted by atomic mass is 16.5. The Balaban J connectivity index is 1.67. The average Bonchev–Trinajstić information content (AvgIpc) is 3.01. The fourth-order valence-corrected chi connectivity index (χ4v) is 2.45. The fraction of sp³-hybridized carbons (Fsp3) is 0.500. The number of hydrogen-bond acceptors (Lipinski definition) is 5. The van der Waals surface area contributed by atoms with Crippen LogP contribution < -0.4 is 5.32 Å². The molecule has 6 nitrogen and oxygen atoms in total. The van der Waals surface area contributed by atoms with Crippen LogP contribution in [0.4, 0.5) is 11.5 Å². The third-order valence-corrected chi connectivity index (χ3v) is 3.29. The third-order valence-electron chi connectivity index (χ3n) is 3.29. The summed E-state index contributed by atoms with van der Waals surface area (Å²) in [6.45, 7) is 5.53. The van der Waals surface area contributed by atoms with Crippen molar-refractivity contribution in [2.45, 2.75) is 39.3 Å². The Morgan fingerprint density at radius 1 is 1.40 bits per heavy atom. The third kappa shape index (κ3) is 3.14. The molecule has 1 saturated heterocycles. The molecule has 1 aliphatic rings. The van der Waals surface area contributed by atoms with Crippen LogP contribution in [0.3, 0.4) is 0 Å². The summed E-state index contributed by atoms with van der Waals surface area (Å²) >= 11 is 0. The van der Waals surface area contributed by atoms with Crippen LogP contribution in [0.25, 0.3) is 0 Å². The summed E-state index contributed by atoms with van der Waals surface area (Å²) in [7, 11) is 0. The first-order chi connectivity index (χ1) is 9.69. The van der Waals surface area contributed by atoms with E-state index in [1.165, 1.54) is 0 Å². The van der Waals surface area contributed by atoms with Crippen molar-refractivity contribution in [2.75, 3.05) is 11.9 Å². The summed E-state index contributed by atoms with van der Waals surface area (Å²) in [6.07, 6.45) is 6.35. The summed E-state index contributed by atoms with van der Waals surface area (Å²) < 4.78 is 7.53. The van der Waals surface area contributed by atoms with E-state index in [1.807, 2.05) is 37.0 Å². The number of ether oxygens (including phenoxy) is 1. The Kier molecular flexibility index (Phi) is 3.64. The van der Waals surface area contributed by atoms with E-state index in [0.29, 0.717) is 6.10 Å². The second-order valence-electron chi connectivity index (χ2n) is 5.15. The number of aryl methyl sites for hydroxylation is 2. The molecule has 1 atom stereocenters. The second-order valence-corrected chi connectivity index (χ2v) is 5.15.